The summed E-state index contributed by atoms with van der Waals surface area (Å²) in [7, 11) is 1.94. The summed E-state index contributed by atoms with van der Waals surface area (Å²) in [6, 6.07) is 8.42. The number of aryl methyl sites for hydroxylation is 1. The van der Waals surface area contributed by atoms with Gasteiger partial charge in [0, 0.05) is 42.5 Å². The van der Waals surface area contributed by atoms with Crippen LogP contribution in [0.15, 0.2) is 48.9 Å². The van der Waals surface area contributed by atoms with E-state index in [2.05, 4.69) is 20.3 Å². The number of pyridine rings is 3. The number of rotatable bonds is 3. The molecule has 0 aromatic carbocycles. The summed E-state index contributed by atoms with van der Waals surface area (Å²) in [5, 5.41) is 15.9. The lowest BCUT2D eigenvalue weighted by Crippen LogP contribution is -1.98. The molecule has 8 nitrogen and oxygen atoms in total. The number of anilines is 2. The number of fused-ring (bicyclic) bond motifs is 3. The maximum Gasteiger partial charge on any atom is 0.274 e. The van der Waals surface area contributed by atoms with Crippen molar-refractivity contribution in [1.29, 1.82) is 0 Å². The molecule has 0 aliphatic heterocycles. The van der Waals surface area contributed by atoms with E-state index in [9.17, 15) is 10.1 Å². The fourth-order valence-electron chi connectivity index (χ4n) is 2.72. The summed E-state index contributed by atoms with van der Waals surface area (Å²) in [5.74, 6) is 0.936. The largest absolute Gasteiger partial charge is 0.328 e. The predicted octanol–water partition coefficient (Wildman–Crippen LogP) is 3.17. The molecule has 0 amide bonds. The zero-order chi connectivity index (χ0) is 16.7. The van der Waals surface area contributed by atoms with Gasteiger partial charge in [-0.3, -0.25) is 15.1 Å². The minimum Gasteiger partial charge on any atom is -0.328 e. The normalized spacial score (nSPS) is 11.0. The third kappa shape index (κ3) is 2.21. The molecule has 0 atom stereocenters. The number of aromatic nitrogens is 4. The molecule has 24 heavy (non-hydrogen) atoms. The van der Waals surface area contributed by atoms with Crippen LogP contribution < -0.4 is 5.32 Å². The molecule has 0 fully saturated rings. The van der Waals surface area contributed by atoms with Crippen molar-refractivity contribution in [3.05, 3.63) is 59.0 Å². The fraction of sp³-hybridized carbons (Fsp3) is 0.0625. The van der Waals surface area contributed by atoms with Gasteiger partial charge in [0.1, 0.15) is 17.3 Å². The van der Waals surface area contributed by atoms with E-state index in [-0.39, 0.29) is 5.69 Å². The van der Waals surface area contributed by atoms with Crippen molar-refractivity contribution in [1.82, 2.24) is 19.5 Å². The zero-order valence-electron chi connectivity index (χ0n) is 12.7. The van der Waals surface area contributed by atoms with Crippen LogP contribution in [0.1, 0.15) is 0 Å². The monoisotopic (exact) mass is 320 g/mol. The molecule has 4 rings (SSSR count). The average molecular weight is 320 g/mol. The van der Waals surface area contributed by atoms with Gasteiger partial charge in [0.05, 0.1) is 16.5 Å². The molecular weight excluding hydrogens is 308 g/mol. The smallest absolute Gasteiger partial charge is 0.274 e. The first-order valence-corrected chi connectivity index (χ1v) is 7.20. The van der Waals surface area contributed by atoms with Crippen molar-refractivity contribution in [2.45, 2.75) is 0 Å². The summed E-state index contributed by atoms with van der Waals surface area (Å²) in [4.78, 5) is 23.2. The van der Waals surface area contributed by atoms with Gasteiger partial charge in [0.15, 0.2) is 0 Å². The molecule has 0 aliphatic rings. The second-order valence-corrected chi connectivity index (χ2v) is 5.30. The van der Waals surface area contributed by atoms with Crippen molar-refractivity contribution in [2.75, 3.05) is 5.32 Å². The lowest BCUT2D eigenvalue weighted by atomic mass is 10.2. The highest BCUT2D eigenvalue weighted by molar-refractivity contribution is 6.06. The molecule has 4 heterocycles. The van der Waals surface area contributed by atoms with Gasteiger partial charge in [-0.05, 0) is 18.2 Å². The maximum absolute atomic E-state index is 10.8. The lowest BCUT2D eigenvalue weighted by molar-refractivity contribution is -0.384. The Morgan fingerprint density at radius 3 is 2.83 bits per heavy atom. The topological polar surface area (TPSA) is 98.8 Å². The minimum absolute atomic E-state index is 0.0238. The van der Waals surface area contributed by atoms with Gasteiger partial charge in [-0.25, -0.2) is 9.97 Å². The van der Waals surface area contributed by atoms with Gasteiger partial charge in [-0.15, -0.1) is 0 Å². The van der Waals surface area contributed by atoms with Crippen LogP contribution in [0.25, 0.3) is 21.9 Å². The number of nitrogens with zero attached hydrogens (tertiary/aromatic N) is 5. The molecular formula is C16H12N6O2. The van der Waals surface area contributed by atoms with Crippen LogP contribution in [-0.2, 0) is 7.05 Å². The van der Waals surface area contributed by atoms with E-state index in [1.165, 1.54) is 18.3 Å². The molecule has 118 valence electrons. The number of nitro groups is 1. The lowest BCUT2D eigenvalue weighted by Gasteiger charge is -2.05. The van der Waals surface area contributed by atoms with E-state index in [4.69, 9.17) is 0 Å². The second kappa shape index (κ2) is 5.27. The molecule has 8 heteroatoms. The third-order valence-corrected chi connectivity index (χ3v) is 3.85. The second-order valence-electron chi connectivity index (χ2n) is 5.30. The van der Waals surface area contributed by atoms with Gasteiger partial charge >= 0.3 is 0 Å². The Balaban J connectivity index is 1.78. The average Bonchev–Trinajstić information content (AvgIpc) is 2.88. The van der Waals surface area contributed by atoms with Crippen LogP contribution in [0.4, 0.5) is 17.3 Å². The van der Waals surface area contributed by atoms with Crippen molar-refractivity contribution in [3.63, 3.8) is 0 Å². The van der Waals surface area contributed by atoms with E-state index >= 15 is 0 Å². The third-order valence-electron chi connectivity index (χ3n) is 3.85. The molecule has 0 unspecified atom stereocenters. The molecule has 0 radical (unpaired) electrons. The van der Waals surface area contributed by atoms with Gasteiger partial charge in [0.25, 0.3) is 5.69 Å². The first kappa shape index (κ1) is 14.1. The molecule has 4 aromatic rings. The van der Waals surface area contributed by atoms with Crippen molar-refractivity contribution < 1.29 is 4.92 Å². The Kier molecular flexibility index (Phi) is 3.09. The van der Waals surface area contributed by atoms with Crippen molar-refractivity contribution in [2.24, 2.45) is 7.05 Å². The highest BCUT2D eigenvalue weighted by Crippen LogP contribution is 2.28. The first-order chi connectivity index (χ1) is 11.6. The Morgan fingerprint density at radius 2 is 2.00 bits per heavy atom. The van der Waals surface area contributed by atoms with Gasteiger partial charge in [-0.2, -0.15) is 0 Å². The zero-order valence-corrected chi connectivity index (χ0v) is 12.7. The Hall–Kier alpha value is -3.55. The molecule has 0 spiro atoms. The van der Waals surface area contributed by atoms with Gasteiger partial charge in [0.2, 0.25) is 0 Å². The van der Waals surface area contributed by atoms with Crippen molar-refractivity contribution in [3.8, 4) is 0 Å². The van der Waals surface area contributed by atoms with Crippen molar-refractivity contribution >= 4 is 39.3 Å². The van der Waals surface area contributed by atoms with E-state index in [1.807, 2.05) is 36.0 Å². The fourth-order valence-corrected chi connectivity index (χ4v) is 2.72. The summed E-state index contributed by atoms with van der Waals surface area (Å²) >= 11 is 0. The summed E-state index contributed by atoms with van der Waals surface area (Å²) < 4.78 is 1.98. The Bertz CT molecular complexity index is 1090. The molecule has 4 aromatic heterocycles. The van der Waals surface area contributed by atoms with E-state index in [1.54, 1.807) is 6.20 Å². The Labute approximate surface area is 135 Å². The Morgan fingerprint density at radius 1 is 1.12 bits per heavy atom. The van der Waals surface area contributed by atoms with E-state index in [0.717, 1.165) is 21.9 Å². The number of nitrogens with one attached hydrogen (secondary N) is 1. The van der Waals surface area contributed by atoms with Crippen LogP contribution in [0.3, 0.4) is 0 Å². The van der Waals surface area contributed by atoms with Crippen LogP contribution >= 0.6 is 0 Å². The predicted molar refractivity (Wildman–Crippen MR) is 90.2 cm³/mol. The summed E-state index contributed by atoms with van der Waals surface area (Å²) in [6.07, 6.45) is 4.95. The van der Waals surface area contributed by atoms with E-state index < -0.39 is 4.92 Å². The van der Waals surface area contributed by atoms with Gasteiger partial charge in [-0.1, -0.05) is 0 Å². The molecule has 0 aliphatic carbocycles. The maximum atomic E-state index is 10.8. The van der Waals surface area contributed by atoms with Gasteiger partial charge < -0.3 is 9.88 Å². The van der Waals surface area contributed by atoms with Crippen LogP contribution in [0, 0.1) is 10.1 Å². The highest BCUT2D eigenvalue weighted by Gasteiger charge is 2.11. The summed E-state index contributed by atoms with van der Waals surface area (Å²) in [5.41, 5.74) is 1.82. The van der Waals surface area contributed by atoms with E-state index in [0.29, 0.717) is 11.6 Å². The summed E-state index contributed by atoms with van der Waals surface area (Å²) in [6.45, 7) is 0. The highest BCUT2D eigenvalue weighted by atomic mass is 16.6. The first-order valence-electron chi connectivity index (χ1n) is 7.20. The standard InChI is InChI=1S/C16H12N6O2/c1-21-13-5-6-17-9-12(13)11-2-3-14(20-16(11)21)19-15-8-10(22(23)24)4-7-18-15/h2-9H,1H3,(H,18,19,20). The molecule has 1 N–H and O–H groups in total. The van der Waals surface area contributed by atoms with Crippen LogP contribution in [0.2, 0.25) is 0 Å². The molecule has 0 bridgehead atoms. The molecule has 0 saturated heterocycles. The SMILES string of the molecule is Cn1c2ccncc2c2ccc(Nc3cc([N+](=O)[O-])ccn3)nc21. The number of hydrogen-bond acceptors (Lipinski definition) is 6. The molecule has 0 saturated carbocycles. The quantitative estimate of drug-likeness (QED) is 0.460. The van der Waals surface area contributed by atoms with Crippen LogP contribution in [0.5, 0.6) is 0 Å². The number of hydrogen-bond donors (Lipinski definition) is 1. The van der Waals surface area contributed by atoms with Crippen LogP contribution in [-0.4, -0.2) is 24.4 Å². The minimum atomic E-state index is -0.458.